The molecule has 0 saturated carbocycles. The van der Waals surface area contributed by atoms with Crippen molar-refractivity contribution in [3.05, 3.63) is 29.8 Å². The molecule has 0 saturated heterocycles. The smallest absolute Gasteiger partial charge is 0.240 e. The molecule has 1 aromatic rings. The Balaban J connectivity index is 2.96. The molecular formula is C15H23NO3S. The number of hydrogen-bond donors (Lipinski definition) is 1. The van der Waals surface area contributed by atoms with Crippen molar-refractivity contribution in [2.45, 2.75) is 45.1 Å². The van der Waals surface area contributed by atoms with Gasteiger partial charge in [-0.2, -0.15) is 0 Å². The van der Waals surface area contributed by atoms with Crippen molar-refractivity contribution in [2.24, 2.45) is 11.8 Å². The van der Waals surface area contributed by atoms with Crippen LogP contribution in [0.15, 0.2) is 29.2 Å². The molecule has 1 aromatic carbocycles. The molecule has 1 N–H and O–H groups in total. The van der Waals surface area contributed by atoms with Crippen LogP contribution in [0.25, 0.3) is 0 Å². The second kappa shape index (κ2) is 6.99. The molecule has 0 aliphatic heterocycles. The lowest BCUT2D eigenvalue weighted by Gasteiger charge is -2.23. The lowest BCUT2D eigenvalue weighted by Crippen LogP contribution is -2.40. The third-order valence-electron chi connectivity index (χ3n) is 3.21. The Kier molecular flexibility index (Phi) is 5.89. The summed E-state index contributed by atoms with van der Waals surface area (Å²) in [5.41, 5.74) is 1.00. The van der Waals surface area contributed by atoms with Gasteiger partial charge in [0, 0.05) is 12.0 Å². The topological polar surface area (TPSA) is 63.2 Å². The average Bonchev–Trinajstić information content (AvgIpc) is 2.36. The minimum Gasteiger partial charge on any atom is -0.303 e. The summed E-state index contributed by atoms with van der Waals surface area (Å²) < 4.78 is 27.3. The maximum atomic E-state index is 12.3. The monoisotopic (exact) mass is 297 g/mol. The van der Waals surface area contributed by atoms with Gasteiger partial charge in [-0.25, -0.2) is 13.1 Å². The van der Waals surface area contributed by atoms with Gasteiger partial charge in [-0.1, -0.05) is 38.5 Å². The molecule has 0 aliphatic carbocycles. The molecule has 112 valence electrons. The van der Waals surface area contributed by atoms with Gasteiger partial charge in [0.15, 0.2) is 0 Å². The maximum absolute atomic E-state index is 12.3. The minimum absolute atomic E-state index is 0.231. The van der Waals surface area contributed by atoms with Crippen LogP contribution in [0.4, 0.5) is 0 Å². The molecule has 0 fully saturated rings. The molecular weight excluding hydrogens is 274 g/mol. The first-order valence-electron chi connectivity index (χ1n) is 6.80. The summed E-state index contributed by atoms with van der Waals surface area (Å²) in [5.74, 6) is -0.0410. The largest absolute Gasteiger partial charge is 0.303 e. The van der Waals surface area contributed by atoms with E-state index in [4.69, 9.17) is 0 Å². The quantitative estimate of drug-likeness (QED) is 0.787. The number of carbonyl (C=O) groups is 1. The number of aryl methyl sites for hydroxylation is 1. The first kappa shape index (κ1) is 16.9. The Morgan fingerprint density at radius 1 is 1.15 bits per heavy atom. The Hall–Kier alpha value is -1.20. The molecule has 0 aromatic heterocycles. The van der Waals surface area contributed by atoms with Gasteiger partial charge in [-0.3, -0.25) is 0 Å². The summed E-state index contributed by atoms with van der Waals surface area (Å²) in [7, 11) is -3.59. The summed E-state index contributed by atoms with van der Waals surface area (Å²) >= 11 is 0. The van der Waals surface area contributed by atoms with Crippen LogP contribution >= 0.6 is 0 Å². The third kappa shape index (κ3) is 4.72. The van der Waals surface area contributed by atoms with Crippen LogP contribution in [0.2, 0.25) is 0 Å². The lowest BCUT2D eigenvalue weighted by molar-refractivity contribution is -0.111. The lowest BCUT2D eigenvalue weighted by atomic mass is 9.95. The van der Waals surface area contributed by atoms with Gasteiger partial charge in [-0.15, -0.1) is 0 Å². The van der Waals surface area contributed by atoms with E-state index in [1.165, 1.54) is 0 Å². The van der Waals surface area contributed by atoms with Crippen molar-refractivity contribution in [1.82, 2.24) is 4.72 Å². The highest BCUT2D eigenvalue weighted by Crippen LogP contribution is 2.16. The molecule has 20 heavy (non-hydrogen) atoms. The maximum Gasteiger partial charge on any atom is 0.240 e. The van der Waals surface area contributed by atoms with Gasteiger partial charge < -0.3 is 4.79 Å². The number of hydrogen-bond acceptors (Lipinski definition) is 3. The Labute approximate surface area is 121 Å². The van der Waals surface area contributed by atoms with Gasteiger partial charge >= 0.3 is 0 Å². The zero-order valence-corrected chi connectivity index (χ0v) is 13.3. The molecule has 0 spiro atoms. The molecule has 5 heteroatoms. The zero-order valence-electron chi connectivity index (χ0n) is 12.5. The van der Waals surface area contributed by atoms with Crippen LogP contribution in [0.5, 0.6) is 0 Å². The zero-order chi connectivity index (χ0) is 15.3. The number of rotatable bonds is 7. The summed E-state index contributed by atoms with van der Waals surface area (Å²) in [6.07, 6.45) is 1.43. The number of sulfonamides is 1. The van der Waals surface area contributed by atoms with E-state index in [9.17, 15) is 13.2 Å². The van der Waals surface area contributed by atoms with Crippen LogP contribution < -0.4 is 4.72 Å². The highest BCUT2D eigenvalue weighted by atomic mass is 32.2. The Morgan fingerprint density at radius 3 is 2.15 bits per heavy atom. The fourth-order valence-corrected chi connectivity index (χ4v) is 3.30. The summed E-state index contributed by atoms with van der Waals surface area (Å²) in [5, 5.41) is 0. The normalized spacial score (nSPS) is 15.1. The number of benzene rings is 1. The van der Waals surface area contributed by atoms with E-state index in [0.717, 1.165) is 11.8 Å². The predicted octanol–water partition coefficient (Wildman–Crippen LogP) is 2.52. The molecule has 1 rings (SSSR count). The molecule has 0 unspecified atom stereocenters. The fourth-order valence-electron chi connectivity index (χ4n) is 1.96. The first-order chi connectivity index (χ1) is 9.26. The van der Waals surface area contributed by atoms with Crippen molar-refractivity contribution >= 4 is 16.3 Å². The van der Waals surface area contributed by atoms with Gasteiger partial charge in [-0.05, 0) is 31.4 Å². The molecule has 0 amide bonds. The van der Waals surface area contributed by atoms with Crippen LogP contribution in [-0.4, -0.2) is 20.7 Å². The third-order valence-corrected chi connectivity index (χ3v) is 4.72. The van der Waals surface area contributed by atoms with Gasteiger partial charge in [0.05, 0.1) is 4.90 Å². The summed E-state index contributed by atoms with van der Waals surface area (Å²) in [4.78, 5) is 11.2. The summed E-state index contributed by atoms with van der Waals surface area (Å²) in [6.45, 7) is 7.65. The van der Waals surface area contributed by atoms with Crippen molar-refractivity contribution in [3.63, 3.8) is 0 Å². The van der Waals surface area contributed by atoms with Crippen LogP contribution in [-0.2, 0) is 14.8 Å². The van der Waals surface area contributed by atoms with E-state index in [0.29, 0.717) is 12.3 Å². The number of aldehydes is 1. The SMILES string of the molecule is Cc1ccc(S(=O)(=O)N[C@H](CC(C)C)[C@@H](C)C=O)cc1. The van der Waals surface area contributed by atoms with Crippen molar-refractivity contribution in [2.75, 3.05) is 0 Å². The highest BCUT2D eigenvalue weighted by Gasteiger charge is 2.24. The summed E-state index contributed by atoms with van der Waals surface area (Å²) in [6, 6.07) is 6.30. The molecule has 0 heterocycles. The molecule has 0 aliphatic rings. The first-order valence-corrected chi connectivity index (χ1v) is 8.29. The Bertz CT molecular complexity index is 535. The molecule has 4 nitrogen and oxygen atoms in total. The van der Waals surface area contributed by atoms with Gasteiger partial charge in [0.1, 0.15) is 6.29 Å². The van der Waals surface area contributed by atoms with E-state index in [2.05, 4.69) is 4.72 Å². The van der Waals surface area contributed by atoms with Crippen molar-refractivity contribution in [1.29, 1.82) is 0 Å². The van der Waals surface area contributed by atoms with Crippen LogP contribution in [0.1, 0.15) is 32.8 Å². The van der Waals surface area contributed by atoms with E-state index < -0.39 is 10.0 Å². The molecule has 2 atom stereocenters. The minimum atomic E-state index is -3.59. The fraction of sp³-hybridized carbons (Fsp3) is 0.533. The highest BCUT2D eigenvalue weighted by molar-refractivity contribution is 7.89. The second-order valence-electron chi connectivity index (χ2n) is 5.67. The molecule has 0 radical (unpaired) electrons. The standard InChI is InChI=1S/C15H23NO3S/c1-11(2)9-15(13(4)10-17)16-20(18,19)14-7-5-12(3)6-8-14/h5-8,10-11,13,15-16H,9H2,1-4H3/t13-,15+/m0/s1. The van der Waals surface area contributed by atoms with Crippen molar-refractivity contribution in [3.8, 4) is 0 Å². The number of nitrogens with one attached hydrogen (secondary N) is 1. The molecule has 0 bridgehead atoms. The Morgan fingerprint density at radius 2 is 1.70 bits per heavy atom. The van der Waals surface area contributed by atoms with E-state index >= 15 is 0 Å². The predicted molar refractivity (Wildman–Crippen MR) is 80.0 cm³/mol. The van der Waals surface area contributed by atoms with Gasteiger partial charge in [0.2, 0.25) is 10.0 Å². The van der Waals surface area contributed by atoms with E-state index in [1.54, 1.807) is 31.2 Å². The van der Waals surface area contributed by atoms with Crippen LogP contribution in [0, 0.1) is 18.8 Å². The van der Waals surface area contributed by atoms with Crippen molar-refractivity contribution < 1.29 is 13.2 Å². The number of carbonyl (C=O) groups excluding carboxylic acids is 1. The van der Waals surface area contributed by atoms with Crippen LogP contribution in [0.3, 0.4) is 0 Å². The van der Waals surface area contributed by atoms with Gasteiger partial charge in [0.25, 0.3) is 0 Å². The second-order valence-corrected chi connectivity index (χ2v) is 7.38. The average molecular weight is 297 g/mol. The van der Waals surface area contributed by atoms with E-state index in [1.807, 2.05) is 20.8 Å². The van der Waals surface area contributed by atoms with E-state index in [-0.39, 0.29) is 16.9 Å².